The molecule has 1 fully saturated rings. The van der Waals surface area contributed by atoms with Gasteiger partial charge in [-0.2, -0.15) is 0 Å². The number of ether oxygens (including phenoxy) is 1. The summed E-state index contributed by atoms with van der Waals surface area (Å²) < 4.78 is 5.11. The number of carbonyl (C=O) groups is 1. The molecule has 4 nitrogen and oxygen atoms in total. The number of halogens is 1. The SMILES string of the molecule is CCC(OC)C(=O)NC1(CN)CCCC1.Cl. The number of carbonyl (C=O) groups excluding carboxylic acids is 1. The highest BCUT2D eigenvalue weighted by Gasteiger charge is 2.35. The van der Waals surface area contributed by atoms with E-state index in [2.05, 4.69) is 5.32 Å². The van der Waals surface area contributed by atoms with E-state index in [1.54, 1.807) is 7.11 Å². The van der Waals surface area contributed by atoms with Crippen molar-refractivity contribution in [1.29, 1.82) is 0 Å². The molecule has 0 saturated heterocycles. The van der Waals surface area contributed by atoms with Gasteiger partial charge in [-0.1, -0.05) is 19.8 Å². The topological polar surface area (TPSA) is 64.3 Å². The van der Waals surface area contributed by atoms with Gasteiger partial charge in [-0.25, -0.2) is 0 Å². The zero-order valence-electron chi connectivity index (χ0n) is 10.1. The Kier molecular flexibility index (Phi) is 6.95. The first-order valence-corrected chi connectivity index (χ1v) is 5.72. The van der Waals surface area contributed by atoms with Gasteiger partial charge in [0.2, 0.25) is 5.91 Å². The third-order valence-corrected chi connectivity index (χ3v) is 3.29. The van der Waals surface area contributed by atoms with Gasteiger partial charge in [0.05, 0.1) is 5.54 Å². The Hall–Kier alpha value is -0.320. The molecule has 0 bridgehead atoms. The second kappa shape index (κ2) is 7.09. The van der Waals surface area contributed by atoms with Gasteiger partial charge in [0, 0.05) is 13.7 Å². The normalized spacial score (nSPS) is 19.9. The molecule has 1 aliphatic carbocycles. The zero-order chi connectivity index (χ0) is 11.3. The Balaban J connectivity index is 0.00000225. The molecule has 0 heterocycles. The molecule has 1 unspecified atom stereocenters. The van der Waals surface area contributed by atoms with Crippen molar-refractivity contribution in [3.8, 4) is 0 Å². The van der Waals surface area contributed by atoms with Crippen molar-refractivity contribution in [2.45, 2.75) is 50.7 Å². The molecule has 3 N–H and O–H groups in total. The molecule has 0 aliphatic heterocycles. The smallest absolute Gasteiger partial charge is 0.249 e. The second-order valence-corrected chi connectivity index (χ2v) is 4.31. The van der Waals surface area contributed by atoms with Crippen LogP contribution in [-0.4, -0.2) is 31.2 Å². The molecule has 0 aromatic heterocycles. The van der Waals surface area contributed by atoms with Gasteiger partial charge in [0.25, 0.3) is 0 Å². The van der Waals surface area contributed by atoms with Gasteiger partial charge >= 0.3 is 0 Å². The summed E-state index contributed by atoms with van der Waals surface area (Å²) in [5.74, 6) is -0.0210. The molecule has 96 valence electrons. The number of hydrogen-bond acceptors (Lipinski definition) is 3. The summed E-state index contributed by atoms with van der Waals surface area (Å²) >= 11 is 0. The summed E-state index contributed by atoms with van der Waals surface area (Å²) in [6.07, 6.45) is 4.66. The molecule has 5 heteroatoms. The van der Waals surface area contributed by atoms with E-state index in [0.29, 0.717) is 13.0 Å². The number of amides is 1. The molecular formula is C11H23ClN2O2. The van der Waals surface area contributed by atoms with E-state index < -0.39 is 0 Å². The summed E-state index contributed by atoms with van der Waals surface area (Å²) in [6, 6.07) is 0. The van der Waals surface area contributed by atoms with E-state index in [-0.39, 0.29) is 30.0 Å². The monoisotopic (exact) mass is 250 g/mol. The molecule has 1 saturated carbocycles. The maximum absolute atomic E-state index is 11.8. The Bertz CT molecular complexity index is 214. The van der Waals surface area contributed by atoms with Crippen LogP contribution in [0.25, 0.3) is 0 Å². The van der Waals surface area contributed by atoms with Crippen LogP contribution in [0.2, 0.25) is 0 Å². The molecule has 1 rings (SSSR count). The summed E-state index contributed by atoms with van der Waals surface area (Å²) in [4.78, 5) is 11.8. The Morgan fingerprint density at radius 1 is 1.50 bits per heavy atom. The quantitative estimate of drug-likeness (QED) is 0.771. The van der Waals surface area contributed by atoms with Crippen molar-refractivity contribution in [3.63, 3.8) is 0 Å². The van der Waals surface area contributed by atoms with E-state index in [9.17, 15) is 4.79 Å². The minimum absolute atomic E-state index is 0. The second-order valence-electron chi connectivity index (χ2n) is 4.31. The molecule has 1 aliphatic rings. The van der Waals surface area contributed by atoms with Crippen LogP contribution < -0.4 is 11.1 Å². The molecule has 0 spiro atoms. The lowest BCUT2D eigenvalue weighted by molar-refractivity contribution is -0.133. The number of nitrogens with two attached hydrogens (primary N) is 1. The maximum Gasteiger partial charge on any atom is 0.249 e. The molecule has 16 heavy (non-hydrogen) atoms. The first kappa shape index (κ1) is 15.7. The zero-order valence-corrected chi connectivity index (χ0v) is 10.9. The van der Waals surface area contributed by atoms with E-state index in [0.717, 1.165) is 25.7 Å². The highest BCUT2D eigenvalue weighted by molar-refractivity contribution is 5.85. The molecule has 1 atom stereocenters. The summed E-state index contributed by atoms with van der Waals surface area (Å²) in [5.41, 5.74) is 5.58. The van der Waals surface area contributed by atoms with Crippen LogP contribution in [0.15, 0.2) is 0 Å². The highest BCUT2D eigenvalue weighted by Crippen LogP contribution is 2.28. The lowest BCUT2D eigenvalue weighted by Gasteiger charge is -2.30. The molecular weight excluding hydrogens is 228 g/mol. The number of hydrogen-bond donors (Lipinski definition) is 2. The highest BCUT2D eigenvalue weighted by atomic mass is 35.5. The molecule has 1 amide bonds. The average Bonchev–Trinajstić information content (AvgIpc) is 2.69. The van der Waals surface area contributed by atoms with Crippen LogP contribution in [0.3, 0.4) is 0 Å². The lowest BCUT2D eigenvalue weighted by Crippen LogP contribution is -2.54. The summed E-state index contributed by atoms with van der Waals surface area (Å²) in [5, 5.41) is 3.06. The van der Waals surface area contributed by atoms with Crippen LogP contribution in [-0.2, 0) is 9.53 Å². The number of nitrogens with one attached hydrogen (secondary N) is 1. The van der Waals surface area contributed by atoms with E-state index in [1.165, 1.54) is 0 Å². The molecule has 0 radical (unpaired) electrons. The van der Waals surface area contributed by atoms with Crippen molar-refractivity contribution in [3.05, 3.63) is 0 Å². The number of methoxy groups -OCH3 is 1. The Labute approximate surface area is 104 Å². The van der Waals surface area contributed by atoms with Gasteiger partial charge in [0.15, 0.2) is 0 Å². The molecule has 0 aromatic carbocycles. The molecule has 0 aromatic rings. The largest absolute Gasteiger partial charge is 0.372 e. The first-order valence-electron chi connectivity index (χ1n) is 5.72. The van der Waals surface area contributed by atoms with Gasteiger partial charge in [-0.05, 0) is 19.3 Å². The fourth-order valence-electron chi connectivity index (χ4n) is 2.23. The lowest BCUT2D eigenvalue weighted by atomic mass is 9.97. The van der Waals surface area contributed by atoms with Crippen LogP contribution in [0.5, 0.6) is 0 Å². The standard InChI is InChI=1S/C11H22N2O2.ClH/c1-3-9(15-2)10(14)13-11(8-12)6-4-5-7-11;/h9H,3-8,12H2,1-2H3,(H,13,14);1H. The third-order valence-electron chi connectivity index (χ3n) is 3.29. The predicted molar refractivity (Wildman–Crippen MR) is 66.7 cm³/mol. The van der Waals surface area contributed by atoms with Crippen LogP contribution in [0.1, 0.15) is 39.0 Å². The van der Waals surface area contributed by atoms with Crippen molar-refractivity contribution in [2.24, 2.45) is 5.73 Å². The Morgan fingerprint density at radius 3 is 2.44 bits per heavy atom. The van der Waals surface area contributed by atoms with Crippen molar-refractivity contribution >= 4 is 18.3 Å². The number of rotatable bonds is 5. The van der Waals surface area contributed by atoms with E-state index in [1.807, 2.05) is 6.92 Å². The van der Waals surface area contributed by atoms with Gasteiger partial charge in [0.1, 0.15) is 6.10 Å². The Morgan fingerprint density at radius 2 is 2.06 bits per heavy atom. The minimum atomic E-state index is -0.339. The van der Waals surface area contributed by atoms with E-state index in [4.69, 9.17) is 10.5 Å². The third kappa shape index (κ3) is 3.61. The van der Waals surface area contributed by atoms with Crippen molar-refractivity contribution in [1.82, 2.24) is 5.32 Å². The van der Waals surface area contributed by atoms with Gasteiger partial charge < -0.3 is 15.8 Å². The first-order chi connectivity index (χ1) is 7.17. The maximum atomic E-state index is 11.8. The summed E-state index contributed by atoms with van der Waals surface area (Å²) in [7, 11) is 1.57. The summed E-state index contributed by atoms with van der Waals surface area (Å²) in [6.45, 7) is 2.47. The average molecular weight is 251 g/mol. The van der Waals surface area contributed by atoms with Gasteiger partial charge in [-0.15, -0.1) is 12.4 Å². The fraction of sp³-hybridized carbons (Fsp3) is 0.909. The van der Waals surface area contributed by atoms with Crippen LogP contribution >= 0.6 is 12.4 Å². The van der Waals surface area contributed by atoms with Crippen LogP contribution in [0.4, 0.5) is 0 Å². The fourth-order valence-corrected chi connectivity index (χ4v) is 2.23. The predicted octanol–water partition coefficient (Wildman–Crippen LogP) is 1.22. The van der Waals surface area contributed by atoms with E-state index >= 15 is 0 Å². The van der Waals surface area contributed by atoms with Crippen LogP contribution in [0, 0.1) is 0 Å². The minimum Gasteiger partial charge on any atom is -0.372 e. The van der Waals surface area contributed by atoms with Crippen molar-refractivity contribution in [2.75, 3.05) is 13.7 Å². The van der Waals surface area contributed by atoms with Crippen molar-refractivity contribution < 1.29 is 9.53 Å². The van der Waals surface area contributed by atoms with Gasteiger partial charge in [-0.3, -0.25) is 4.79 Å².